The maximum atomic E-state index is 14.6. The molecule has 4 aliphatic rings. The topological polar surface area (TPSA) is 116 Å². The van der Waals surface area contributed by atoms with Crippen LogP contribution in [0.3, 0.4) is 0 Å². The number of methoxy groups -OCH3 is 1. The van der Waals surface area contributed by atoms with Crippen molar-refractivity contribution in [3.05, 3.63) is 125 Å². The van der Waals surface area contributed by atoms with Crippen LogP contribution in [-0.4, -0.2) is 35.8 Å². The number of phenols is 1. The number of amides is 4. The first-order valence-corrected chi connectivity index (χ1v) is 17.8. The number of nitrogens with zero attached hydrogens (tertiary/aromatic N) is 2. The van der Waals surface area contributed by atoms with Gasteiger partial charge in [-0.3, -0.25) is 24.1 Å². The molecule has 268 valence electrons. The third-order valence-corrected chi connectivity index (χ3v) is 11.7. The second kappa shape index (κ2) is 13.0. The molecule has 2 aliphatic carbocycles. The van der Waals surface area contributed by atoms with Crippen LogP contribution in [0.25, 0.3) is 6.08 Å². The number of anilines is 4. The summed E-state index contributed by atoms with van der Waals surface area (Å²) in [6.07, 6.45) is 6.10. The van der Waals surface area contributed by atoms with E-state index in [-0.39, 0.29) is 40.4 Å². The lowest BCUT2D eigenvalue weighted by Crippen LogP contribution is -2.49. The Bertz CT molecular complexity index is 2240. The minimum absolute atomic E-state index is 0.0309. The van der Waals surface area contributed by atoms with Gasteiger partial charge in [0.15, 0.2) is 11.5 Å². The summed E-state index contributed by atoms with van der Waals surface area (Å²) in [4.78, 5) is 59.7. The van der Waals surface area contributed by atoms with Crippen molar-refractivity contribution in [1.29, 1.82) is 0 Å². The molecule has 4 amide bonds. The molecule has 0 radical (unpaired) electrons. The molecule has 3 fully saturated rings. The van der Waals surface area contributed by atoms with Crippen molar-refractivity contribution in [2.45, 2.75) is 19.8 Å². The van der Waals surface area contributed by atoms with E-state index >= 15 is 0 Å². The Labute approximate surface area is 310 Å². The third-order valence-electron chi connectivity index (χ3n) is 11.4. The van der Waals surface area contributed by atoms with Crippen LogP contribution in [0.2, 0.25) is 5.02 Å². The average Bonchev–Trinajstić information content (AvgIpc) is 3.53. The van der Waals surface area contributed by atoms with Crippen molar-refractivity contribution in [2.75, 3.05) is 22.2 Å². The number of aromatic hydroxyl groups is 1. The Morgan fingerprint density at radius 3 is 2.30 bits per heavy atom. The zero-order chi connectivity index (χ0) is 37.2. The number of imide groups is 2. The number of fused-ring (bicyclic) bond motifs is 4. The van der Waals surface area contributed by atoms with Gasteiger partial charge in [-0.05, 0) is 98.0 Å². The monoisotopic (exact) mass is 731 g/mol. The van der Waals surface area contributed by atoms with Gasteiger partial charge in [0.2, 0.25) is 23.6 Å². The normalized spacial score (nSPS) is 26.4. The van der Waals surface area contributed by atoms with Gasteiger partial charge in [-0.25, -0.2) is 9.29 Å². The fourth-order valence-electron chi connectivity index (χ4n) is 8.73. The van der Waals surface area contributed by atoms with Crippen LogP contribution in [0.5, 0.6) is 11.5 Å². The fraction of sp³-hybridized carbons (Fsp3) is 0.238. The van der Waals surface area contributed by atoms with Crippen LogP contribution >= 0.6 is 11.6 Å². The van der Waals surface area contributed by atoms with Crippen LogP contribution in [0.4, 0.5) is 27.1 Å². The number of allylic oxidation sites excluding steroid dienone is 3. The van der Waals surface area contributed by atoms with Gasteiger partial charge in [0.05, 0.1) is 46.7 Å². The number of hydrogen-bond acceptors (Lipinski definition) is 7. The number of halogens is 2. The zero-order valence-electron chi connectivity index (χ0n) is 28.8. The van der Waals surface area contributed by atoms with Crippen molar-refractivity contribution in [3.8, 4) is 11.5 Å². The van der Waals surface area contributed by atoms with E-state index in [9.17, 15) is 28.7 Å². The Balaban J connectivity index is 1.16. The largest absolute Gasteiger partial charge is 0.504 e. The highest BCUT2D eigenvalue weighted by atomic mass is 35.5. The summed E-state index contributed by atoms with van der Waals surface area (Å²) in [5.74, 6) is -5.40. The van der Waals surface area contributed by atoms with Gasteiger partial charge in [-0.15, -0.1) is 0 Å². The van der Waals surface area contributed by atoms with E-state index in [0.29, 0.717) is 17.7 Å². The van der Waals surface area contributed by atoms with Gasteiger partial charge in [0, 0.05) is 17.3 Å². The number of carbonyl (C=O) groups excluding carboxylic acids is 4. The molecule has 9 nitrogen and oxygen atoms in total. The van der Waals surface area contributed by atoms with Crippen molar-refractivity contribution >= 4 is 64.1 Å². The highest BCUT2D eigenvalue weighted by Gasteiger charge is 2.67. The molecule has 0 spiro atoms. The highest BCUT2D eigenvalue weighted by Crippen LogP contribution is 2.61. The minimum Gasteiger partial charge on any atom is -0.504 e. The smallest absolute Gasteiger partial charge is 0.241 e. The van der Waals surface area contributed by atoms with Crippen LogP contribution in [0.15, 0.2) is 109 Å². The number of rotatable bonds is 7. The number of carbonyl (C=O) groups is 4. The van der Waals surface area contributed by atoms with Crippen molar-refractivity contribution < 1.29 is 33.4 Å². The summed E-state index contributed by atoms with van der Waals surface area (Å²) in [5.41, 5.74) is 2.53. The SMILES string of the molecule is COc1cc(C=C[C@H]2C3=CC[C@@H]4C(=O)N(c5ccc(Nc6ccccc6)cc5)C(=O)[C@@H]4[C@@H]3C[C@H]3C(=O)N(c4ccc(F)c(Cl)c4)C(=O)[C@@]23C)ccc1O. The number of nitrogens with one attached hydrogen (secondary N) is 1. The molecule has 2 N–H and O–H groups in total. The summed E-state index contributed by atoms with van der Waals surface area (Å²) in [5, 5.41) is 13.3. The van der Waals surface area contributed by atoms with Crippen LogP contribution in [-0.2, 0) is 19.2 Å². The van der Waals surface area contributed by atoms with Gasteiger partial charge in [0.25, 0.3) is 0 Å². The molecule has 4 aromatic carbocycles. The maximum Gasteiger partial charge on any atom is 0.241 e. The molecule has 0 aromatic heterocycles. The highest BCUT2D eigenvalue weighted by molar-refractivity contribution is 6.31. The van der Waals surface area contributed by atoms with Crippen molar-refractivity contribution in [1.82, 2.24) is 0 Å². The zero-order valence-corrected chi connectivity index (χ0v) is 29.6. The number of phenolic OH excluding ortho intramolecular Hbond substituents is 1. The Morgan fingerprint density at radius 1 is 0.868 bits per heavy atom. The summed E-state index contributed by atoms with van der Waals surface area (Å²) in [7, 11) is 1.45. The lowest BCUT2D eigenvalue weighted by molar-refractivity contribution is -0.132. The molecular formula is C42H35ClFN3O6. The predicted octanol–water partition coefficient (Wildman–Crippen LogP) is 7.92. The molecule has 4 aromatic rings. The van der Waals surface area contributed by atoms with Crippen molar-refractivity contribution in [2.24, 2.45) is 35.0 Å². The van der Waals surface area contributed by atoms with E-state index in [1.165, 1.54) is 30.2 Å². The number of para-hydroxylation sites is 1. The first-order chi connectivity index (χ1) is 25.5. The predicted molar refractivity (Wildman–Crippen MR) is 199 cm³/mol. The molecule has 2 saturated heterocycles. The third kappa shape index (κ3) is 5.51. The van der Waals surface area contributed by atoms with Crippen molar-refractivity contribution in [3.63, 3.8) is 0 Å². The van der Waals surface area contributed by atoms with E-state index in [4.69, 9.17) is 16.3 Å². The average molecular weight is 732 g/mol. The lowest BCUT2D eigenvalue weighted by atomic mass is 9.52. The maximum absolute atomic E-state index is 14.6. The van der Waals surface area contributed by atoms with Crippen LogP contribution < -0.4 is 19.9 Å². The summed E-state index contributed by atoms with van der Waals surface area (Å²) >= 11 is 6.11. The molecule has 6 atom stereocenters. The summed E-state index contributed by atoms with van der Waals surface area (Å²) < 4.78 is 19.5. The molecule has 11 heteroatoms. The van der Waals surface area contributed by atoms with E-state index < -0.39 is 52.6 Å². The Morgan fingerprint density at radius 2 is 1.58 bits per heavy atom. The molecule has 1 saturated carbocycles. The second-order valence-corrected chi connectivity index (χ2v) is 14.6. The summed E-state index contributed by atoms with van der Waals surface area (Å²) in [6.45, 7) is 1.76. The number of benzene rings is 4. The standard InChI is InChI=1S/C42H35ClFN3O6/c1-42-31(17-8-23-9-19-35(48)36(20-23)53-2)28-15-16-29-37(30(28)22-32(42)39(50)47(41(42)52)27-14-18-34(44)33(43)21-27)40(51)46(38(29)49)26-12-10-25(11-13-26)45-24-6-4-3-5-7-24/h3-15,17-21,29-32,37,45,48H,16,22H2,1-2H3/t29-,30+,31-,32-,37-,42-/m0/s1. The number of hydrogen-bond donors (Lipinski definition) is 2. The first-order valence-electron chi connectivity index (χ1n) is 17.4. The molecule has 2 heterocycles. The van der Waals surface area contributed by atoms with Gasteiger partial charge in [-0.1, -0.05) is 59.7 Å². The lowest BCUT2D eigenvalue weighted by Gasteiger charge is -2.47. The minimum atomic E-state index is -1.28. The van der Waals surface area contributed by atoms with Gasteiger partial charge in [0.1, 0.15) is 5.82 Å². The van der Waals surface area contributed by atoms with Crippen LogP contribution in [0.1, 0.15) is 25.3 Å². The second-order valence-electron chi connectivity index (χ2n) is 14.1. The Kier molecular flexibility index (Phi) is 8.45. The van der Waals surface area contributed by atoms with E-state index in [2.05, 4.69) is 5.32 Å². The van der Waals surface area contributed by atoms with E-state index in [0.717, 1.165) is 27.9 Å². The Hall–Kier alpha value is -5.74. The first kappa shape index (κ1) is 34.4. The number of ether oxygens (including phenoxy) is 1. The van der Waals surface area contributed by atoms with Gasteiger partial charge < -0.3 is 15.2 Å². The summed E-state index contributed by atoms with van der Waals surface area (Å²) in [6, 6.07) is 25.4. The quantitative estimate of drug-likeness (QED) is 0.147. The molecular weight excluding hydrogens is 697 g/mol. The molecule has 8 rings (SSSR count). The van der Waals surface area contributed by atoms with Gasteiger partial charge >= 0.3 is 0 Å². The molecule has 0 bridgehead atoms. The molecule has 2 aliphatic heterocycles. The fourth-order valence-corrected chi connectivity index (χ4v) is 8.91. The molecule has 53 heavy (non-hydrogen) atoms. The van der Waals surface area contributed by atoms with E-state index in [1.807, 2.05) is 54.6 Å². The van der Waals surface area contributed by atoms with Gasteiger partial charge in [-0.2, -0.15) is 0 Å². The van der Waals surface area contributed by atoms with E-state index in [1.54, 1.807) is 37.3 Å². The van der Waals surface area contributed by atoms with Crippen LogP contribution in [0, 0.1) is 40.8 Å². The molecule has 0 unspecified atom stereocenters.